The Labute approximate surface area is 142 Å². The zero-order chi connectivity index (χ0) is 16.5. The third-order valence-electron chi connectivity index (χ3n) is 5.16. The second kappa shape index (κ2) is 6.38. The van der Waals surface area contributed by atoms with Crippen LogP contribution in [0.25, 0.3) is 0 Å². The first-order valence-electron chi connectivity index (χ1n) is 8.94. The number of rotatable bonds is 7. The van der Waals surface area contributed by atoms with Gasteiger partial charge in [0.05, 0.1) is 5.69 Å². The quantitative estimate of drug-likeness (QED) is 0.787. The summed E-state index contributed by atoms with van der Waals surface area (Å²) in [5.41, 5.74) is 2.21. The molecule has 0 spiro atoms. The van der Waals surface area contributed by atoms with Gasteiger partial charge in [-0.1, -0.05) is 35.5 Å². The number of carbonyl (C=O) groups excluding carboxylic acids is 1. The molecule has 0 saturated heterocycles. The average molecular weight is 324 g/mol. The molecule has 5 nitrogen and oxygen atoms in total. The zero-order valence-electron chi connectivity index (χ0n) is 14.1. The molecule has 0 N–H and O–H groups in total. The summed E-state index contributed by atoms with van der Waals surface area (Å²) in [5.74, 6) is 1.35. The van der Waals surface area contributed by atoms with Crippen molar-refractivity contribution in [1.29, 1.82) is 0 Å². The second-order valence-corrected chi connectivity index (χ2v) is 7.20. The minimum atomic E-state index is 0.130. The van der Waals surface area contributed by atoms with Crippen molar-refractivity contribution in [3.05, 3.63) is 47.8 Å². The van der Waals surface area contributed by atoms with E-state index in [2.05, 4.69) is 29.4 Å². The van der Waals surface area contributed by atoms with Crippen molar-refractivity contribution in [1.82, 2.24) is 19.9 Å². The van der Waals surface area contributed by atoms with Crippen LogP contribution in [0, 0.1) is 5.92 Å². The fourth-order valence-corrected chi connectivity index (χ4v) is 3.26. The summed E-state index contributed by atoms with van der Waals surface area (Å²) in [7, 11) is 0. The summed E-state index contributed by atoms with van der Waals surface area (Å²) in [4.78, 5) is 14.9. The predicted octanol–water partition coefficient (Wildman–Crippen LogP) is 2.98. The van der Waals surface area contributed by atoms with Crippen molar-refractivity contribution in [3.8, 4) is 0 Å². The first kappa shape index (κ1) is 15.4. The first-order chi connectivity index (χ1) is 11.7. The van der Waals surface area contributed by atoms with Crippen LogP contribution >= 0.6 is 0 Å². The van der Waals surface area contributed by atoms with Gasteiger partial charge in [0, 0.05) is 24.7 Å². The monoisotopic (exact) mass is 324 g/mol. The van der Waals surface area contributed by atoms with Gasteiger partial charge in [-0.05, 0) is 44.1 Å². The van der Waals surface area contributed by atoms with E-state index in [4.69, 9.17) is 0 Å². The maximum absolute atomic E-state index is 12.9. The summed E-state index contributed by atoms with van der Waals surface area (Å²) >= 11 is 0. The summed E-state index contributed by atoms with van der Waals surface area (Å²) in [6.45, 7) is 3.13. The molecular weight excluding hydrogens is 300 g/mol. The van der Waals surface area contributed by atoms with Gasteiger partial charge in [0.1, 0.15) is 6.54 Å². The van der Waals surface area contributed by atoms with E-state index in [0.29, 0.717) is 18.4 Å². The number of amides is 1. The highest BCUT2D eigenvalue weighted by molar-refractivity contribution is 5.76. The Bertz CT molecular complexity index is 703. The molecule has 1 aromatic heterocycles. The molecule has 2 aliphatic rings. The van der Waals surface area contributed by atoms with Crippen molar-refractivity contribution < 1.29 is 4.79 Å². The number of aromatic nitrogens is 3. The standard InChI is InChI=1S/C19H24N4O/c1-14(16-7-8-16)23(11-15-5-3-2-4-6-15)19(24)13-22-12-18(20-21-22)17-9-10-17/h2-6,12,14,16-17H,7-11,13H2,1H3. The summed E-state index contributed by atoms with van der Waals surface area (Å²) < 4.78 is 1.70. The highest BCUT2D eigenvalue weighted by Crippen LogP contribution is 2.38. The molecule has 0 bridgehead atoms. The number of benzene rings is 1. The van der Waals surface area contributed by atoms with Crippen molar-refractivity contribution in [2.24, 2.45) is 5.92 Å². The van der Waals surface area contributed by atoms with Crippen LogP contribution in [0.15, 0.2) is 36.5 Å². The predicted molar refractivity (Wildman–Crippen MR) is 91.2 cm³/mol. The van der Waals surface area contributed by atoms with Gasteiger partial charge >= 0.3 is 0 Å². The lowest BCUT2D eigenvalue weighted by Crippen LogP contribution is -2.41. The lowest BCUT2D eigenvalue weighted by molar-refractivity contribution is -0.135. The van der Waals surface area contributed by atoms with Crippen LogP contribution in [0.4, 0.5) is 0 Å². The largest absolute Gasteiger partial charge is 0.334 e. The Hall–Kier alpha value is -2.17. The Morgan fingerprint density at radius 2 is 2.00 bits per heavy atom. The van der Waals surface area contributed by atoms with Crippen molar-refractivity contribution >= 4 is 5.91 Å². The molecule has 0 radical (unpaired) electrons. The molecule has 2 aromatic rings. The van der Waals surface area contributed by atoms with E-state index in [9.17, 15) is 4.79 Å². The van der Waals surface area contributed by atoms with Crippen LogP contribution in [-0.4, -0.2) is 31.8 Å². The van der Waals surface area contributed by atoms with E-state index in [-0.39, 0.29) is 18.5 Å². The fourth-order valence-electron chi connectivity index (χ4n) is 3.26. The lowest BCUT2D eigenvalue weighted by Gasteiger charge is -2.29. The number of carbonyl (C=O) groups is 1. The van der Waals surface area contributed by atoms with E-state index in [0.717, 1.165) is 5.69 Å². The molecule has 1 aromatic carbocycles. The topological polar surface area (TPSA) is 51.0 Å². The van der Waals surface area contributed by atoms with E-state index in [1.165, 1.54) is 31.2 Å². The third kappa shape index (κ3) is 3.50. The van der Waals surface area contributed by atoms with Crippen LogP contribution in [0.5, 0.6) is 0 Å². The Morgan fingerprint density at radius 1 is 1.25 bits per heavy atom. The molecular formula is C19H24N4O. The van der Waals surface area contributed by atoms with E-state index < -0.39 is 0 Å². The van der Waals surface area contributed by atoms with Gasteiger partial charge in [-0.2, -0.15) is 0 Å². The molecule has 1 heterocycles. The van der Waals surface area contributed by atoms with Crippen LogP contribution in [-0.2, 0) is 17.9 Å². The molecule has 1 amide bonds. The minimum absolute atomic E-state index is 0.130. The highest BCUT2D eigenvalue weighted by atomic mass is 16.2. The van der Waals surface area contributed by atoms with Gasteiger partial charge in [0.15, 0.2) is 0 Å². The third-order valence-corrected chi connectivity index (χ3v) is 5.16. The second-order valence-electron chi connectivity index (χ2n) is 7.20. The van der Waals surface area contributed by atoms with E-state index >= 15 is 0 Å². The molecule has 126 valence electrons. The SMILES string of the molecule is CC(C1CC1)N(Cc1ccccc1)C(=O)Cn1cc(C2CC2)nn1. The van der Waals surface area contributed by atoms with Crippen LogP contribution in [0.2, 0.25) is 0 Å². The van der Waals surface area contributed by atoms with Gasteiger partial charge < -0.3 is 4.90 Å². The Balaban J connectivity index is 1.47. The number of nitrogens with zero attached hydrogens (tertiary/aromatic N) is 4. The summed E-state index contributed by atoms with van der Waals surface area (Å²) in [5, 5.41) is 8.35. The highest BCUT2D eigenvalue weighted by Gasteiger charge is 2.34. The van der Waals surface area contributed by atoms with Crippen LogP contribution < -0.4 is 0 Å². The molecule has 2 fully saturated rings. The van der Waals surface area contributed by atoms with Crippen molar-refractivity contribution in [3.63, 3.8) is 0 Å². The molecule has 24 heavy (non-hydrogen) atoms. The smallest absolute Gasteiger partial charge is 0.244 e. The van der Waals surface area contributed by atoms with Crippen LogP contribution in [0.1, 0.15) is 49.8 Å². The first-order valence-corrected chi connectivity index (χ1v) is 8.94. The van der Waals surface area contributed by atoms with Gasteiger partial charge in [-0.15, -0.1) is 5.10 Å². The molecule has 5 heteroatoms. The zero-order valence-corrected chi connectivity index (χ0v) is 14.1. The van der Waals surface area contributed by atoms with Crippen LogP contribution in [0.3, 0.4) is 0 Å². The average Bonchev–Trinajstić information content (AvgIpc) is 3.51. The minimum Gasteiger partial charge on any atom is -0.334 e. The molecule has 4 rings (SSSR count). The maximum atomic E-state index is 12.9. The van der Waals surface area contributed by atoms with E-state index in [1.54, 1.807) is 4.68 Å². The normalized spacial score (nSPS) is 18.4. The molecule has 1 unspecified atom stereocenters. The van der Waals surface area contributed by atoms with Crippen molar-refractivity contribution in [2.45, 2.75) is 57.7 Å². The van der Waals surface area contributed by atoms with E-state index in [1.807, 2.05) is 29.3 Å². The van der Waals surface area contributed by atoms with Gasteiger partial charge in [0.2, 0.25) is 5.91 Å². The van der Waals surface area contributed by atoms with Crippen molar-refractivity contribution in [2.75, 3.05) is 0 Å². The fraction of sp³-hybridized carbons (Fsp3) is 0.526. The molecule has 2 aliphatic carbocycles. The number of hydrogen-bond donors (Lipinski definition) is 0. The summed E-state index contributed by atoms with van der Waals surface area (Å²) in [6.07, 6.45) is 6.80. The lowest BCUT2D eigenvalue weighted by atomic mass is 10.1. The summed E-state index contributed by atoms with van der Waals surface area (Å²) in [6, 6.07) is 10.5. The Morgan fingerprint density at radius 3 is 2.67 bits per heavy atom. The maximum Gasteiger partial charge on any atom is 0.244 e. The molecule has 1 atom stereocenters. The van der Waals surface area contributed by atoms with Gasteiger partial charge in [-0.3, -0.25) is 4.79 Å². The molecule has 2 saturated carbocycles. The number of hydrogen-bond acceptors (Lipinski definition) is 3. The van der Waals surface area contributed by atoms with Gasteiger partial charge in [-0.25, -0.2) is 4.68 Å². The Kier molecular flexibility index (Phi) is 4.08. The van der Waals surface area contributed by atoms with Gasteiger partial charge in [0.25, 0.3) is 0 Å². The molecule has 0 aliphatic heterocycles.